The van der Waals surface area contributed by atoms with Crippen molar-refractivity contribution >= 4 is 0 Å². The van der Waals surface area contributed by atoms with E-state index in [2.05, 4.69) is 19.2 Å². The van der Waals surface area contributed by atoms with E-state index in [1.165, 1.54) is 51.4 Å². The number of hydrogen-bond acceptors (Lipinski definition) is 3. The van der Waals surface area contributed by atoms with Crippen LogP contribution in [0.5, 0.6) is 0 Å². The predicted molar refractivity (Wildman–Crippen MR) is 80.4 cm³/mol. The van der Waals surface area contributed by atoms with Gasteiger partial charge in [-0.3, -0.25) is 0 Å². The lowest BCUT2D eigenvalue weighted by Gasteiger charge is -2.29. The van der Waals surface area contributed by atoms with E-state index in [4.69, 9.17) is 4.74 Å². The van der Waals surface area contributed by atoms with Crippen LogP contribution < -0.4 is 5.32 Å². The standard InChI is InChI=1S/C16H33NO2/c1-3-4-5-8-11-17-12-15(18)13-19-16-10-7-6-9-14(16)2/h14-18H,3-13H2,1-2H3/t14-,15+,16-/m0/s1. The minimum atomic E-state index is -0.361. The summed E-state index contributed by atoms with van der Waals surface area (Å²) in [7, 11) is 0. The SMILES string of the molecule is CCCCCCNC[C@@H](O)CO[C@H]1CCCC[C@@H]1C. The summed E-state index contributed by atoms with van der Waals surface area (Å²) in [5.41, 5.74) is 0. The normalized spacial score (nSPS) is 25.4. The van der Waals surface area contributed by atoms with E-state index in [-0.39, 0.29) is 6.10 Å². The Kier molecular flexibility index (Phi) is 9.48. The lowest BCUT2D eigenvalue weighted by molar-refractivity contribution is -0.0451. The van der Waals surface area contributed by atoms with Crippen LogP contribution in [0.1, 0.15) is 65.2 Å². The molecule has 3 heteroatoms. The molecule has 0 heterocycles. The Morgan fingerprint density at radius 2 is 2.00 bits per heavy atom. The zero-order valence-electron chi connectivity index (χ0n) is 12.9. The highest BCUT2D eigenvalue weighted by Gasteiger charge is 2.22. The largest absolute Gasteiger partial charge is 0.389 e. The first-order chi connectivity index (χ1) is 9.24. The molecule has 114 valence electrons. The van der Waals surface area contributed by atoms with Crippen LogP contribution in [0, 0.1) is 5.92 Å². The highest BCUT2D eigenvalue weighted by Crippen LogP contribution is 2.26. The molecule has 1 saturated carbocycles. The van der Waals surface area contributed by atoms with E-state index < -0.39 is 0 Å². The minimum absolute atomic E-state index is 0.361. The van der Waals surface area contributed by atoms with E-state index in [0.29, 0.717) is 25.2 Å². The van der Waals surface area contributed by atoms with Crippen LogP contribution >= 0.6 is 0 Å². The maximum atomic E-state index is 9.88. The van der Waals surface area contributed by atoms with Gasteiger partial charge >= 0.3 is 0 Å². The summed E-state index contributed by atoms with van der Waals surface area (Å²) in [5.74, 6) is 0.656. The van der Waals surface area contributed by atoms with Gasteiger partial charge in [0.1, 0.15) is 0 Å². The molecule has 0 spiro atoms. The molecule has 19 heavy (non-hydrogen) atoms. The smallest absolute Gasteiger partial charge is 0.0897 e. The fraction of sp³-hybridized carbons (Fsp3) is 1.00. The number of aliphatic hydroxyl groups is 1. The Bertz CT molecular complexity index is 211. The maximum absolute atomic E-state index is 9.88. The second-order valence-electron chi connectivity index (χ2n) is 6.05. The van der Waals surface area contributed by atoms with Crippen molar-refractivity contribution in [3.05, 3.63) is 0 Å². The second-order valence-corrected chi connectivity index (χ2v) is 6.05. The van der Waals surface area contributed by atoms with Crippen LogP contribution in [0.2, 0.25) is 0 Å². The van der Waals surface area contributed by atoms with Crippen molar-refractivity contribution in [2.24, 2.45) is 5.92 Å². The van der Waals surface area contributed by atoms with E-state index >= 15 is 0 Å². The molecule has 0 amide bonds. The van der Waals surface area contributed by atoms with Gasteiger partial charge < -0.3 is 15.2 Å². The highest BCUT2D eigenvalue weighted by atomic mass is 16.5. The number of unbranched alkanes of at least 4 members (excludes halogenated alkanes) is 3. The summed E-state index contributed by atoms with van der Waals surface area (Å²) in [6, 6.07) is 0. The Balaban J connectivity index is 1.96. The molecule has 1 aliphatic carbocycles. The Labute approximate surface area is 119 Å². The number of rotatable bonds is 10. The van der Waals surface area contributed by atoms with Crippen molar-refractivity contribution in [3.8, 4) is 0 Å². The van der Waals surface area contributed by atoms with Gasteiger partial charge in [0, 0.05) is 6.54 Å². The molecule has 0 saturated heterocycles. The first-order valence-electron chi connectivity index (χ1n) is 8.24. The van der Waals surface area contributed by atoms with Gasteiger partial charge in [0.05, 0.1) is 18.8 Å². The second kappa shape index (κ2) is 10.6. The monoisotopic (exact) mass is 271 g/mol. The first kappa shape index (κ1) is 16.9. The van der Waals surface area contributed by atoms with Crippen molar-refractivity contribution < 1.29 is 9.84 Å². The van der Waals surface area contributed by atoms with Crippen LogP contribution in [0.4, 0.5) is 0 Å². The molecule has 1 aliphatic rings. The molecular weight excluding hydrogens is 238 g/mol. The van der Waals surface area contributed by atoms with E-state index in [1.54, 1.807) is 0 Å². The lowest BCUT2D eigenvalue weighted by atomic mass is 9.88. The number of ether oxygens (including phenoxy) is 1. The van der Waals surface area contributed by atoms with E-state index in [1.807, 2.05) is 0 Å². The van der Waals surface area contributed by atoms with Gasteiger partial charge in [-0.1, -0.05) is 46.0 Å². The third kappa shape index (κ3) is 7.91. The van der Waals surface area contributed by atoms with Crippen LogP contribution in [-0.4, -0.2) is 37.0 Å². The molecule has 0 aromatic carbocycles. The Morgan fingerprint density at radius 1 is 1.21 bits per heavy atom. The first-order valence-corrected chi connectivity index (χ1v) is 8.24. The molecule has 0 aromatic heterocycles. The molecular formula is C16H33NO2. The fourth-order valence-electron chi connectivity index (χ4n) is 2.77. The average Bonchev–Trinajstić information content (AvgIpc) is 2.42. The molecule has 1 rings (SSSR count). The molecule has 3 nitrogen and oxygen atoms in total. The van der Waals surface area contributed by atoms with Gasteiger partial charge in [-0.2, -0.15) is 0 Å². The van der Waals surface area contributed by atoms with Gasteiger partial charge in [-0.15, -0.1) is 0 Å². The molecule has 1 fully saturated rings. The van der Waals surface area contributed by atoms with Crippen LogP contribution in [0.3, 0.4) is 0 Å². The topological polar surface area (TPSA) is 41.5 Å². The van der Waals surface area contributed by atoms with Crippen molar-refractivity contribution in [2.75, 3.05) is 19.7 Å². The average molecular weight is 271 g/mol. The summed E-state index contributed by atoms with van der Waals surface area (Å²) in [4.78, 5) is 0. The van der Waals surface area contributed by atoms with Crippen molar-refractivity contribution in [3.63, 3.8) is 0 Å². The molecule has 0 aromatic rings. The van der Waals surface area contributed by atoms with Crippen molar-refractivity contribution in [1.29, 1.82) is 0 Å². The van der Waals surface area contributed by atoms with Gasteiger partial charge in [0.2, 0.25) is 0 Å². The van der Waals surface area contributed by atoms with E-state index in [0.717, 1.165) is 6.54 Å². The molecule has 3 atom stereocenters. The highest BCUT2D eigenvalue weighted by molar-refractivity contribution is 4.73. The number of nitrogens with one attached hydrogen (secondary N) is 1. The summed E-state index contributed by atoms with van der Waals surface area (Å²) >= 11 is 0. The summed E-state index contributed by atoms with van der Waals surface area (Å²) in [6.07, 6.45) is 10.1. The zero-order chi connectivity index (χ0) is 13.9. The Hall–Kier alpha value is -0.120. The van der Waals surface area contributed by atoms with E-state index in [9.17, 15) is 5.11 Å². The van der Waals surface area contributed by atoms with Gasteiger partial charge in [-0.05, 0) is 31.7 Å². The number of hydrogen-bond donors (Lipinski definition) is 2. The molecule has 0 aliphatic heterocycles. The fourth-order valence-corrected chi connectivity index (χ4v) is 2.77. The Morgan fingerprint density at radius 3 is 2.74 bits per heavy atom. The summed E-state index contributed by atoms with van der Waals surface area (Å²) in [5, 5.41) is 13.2. The minimum Gasteiger partial charge on any atom is -0.389 e. The predicted octanol–water partition coefficient (Wildman–Crippen LogP) is 3.11. The zero-order valence-corrected chi connectivity index (χ0v) is 12.9. The molecule has 0 bridgehead atoms. The quantitative estimate of drug-likeness (QED) is 0.600. The van der Waals surface area contributed by atoms with Crippen molar-refractivity contribution in [2.45, 2.75) is 77.4 Å². The van der Waals surface area contributed by atoms with Crippen LogP contribution in [0.25, 0.3) is 0 Å². The van der Waals surface area contributed by atoms with Gasteiger partial charge in [0.25, 0.3) is 0 Å². The maximum Gasteiger partial charge on any atom is 0.0897 e. The third-order valence-corrected chi connectivity index (χ3v) is 4.12. The number of aliphatic hydroxyl groups excluding tert-OH is 1. The third-order valence-electron chi connectivity index (χ3n) is 4.12. The van der Waals surface area contributed by atoms with Gasteiger partial charge in [-0.25, -0.2) is 0 Å². The van der Waals surface area contributed by atoms with Gasteiger partial charge in [0.15, 0.2) is 0 Å². The van der Waals surface area contributed by atoms with Crippen molar-refractivity contribution in [1.82, 2.24) is 5.32 Å². The summed E-state index contributed by atoms with van der Waals surface area (Å²) < 4.78 is 5.86. The summed E-state index contributed by atoms with van der Waals surface area (Å²) in [6.45, 7) is 6.64. The van der Waals surface area contributed by atoms with Crippen LogP contribution in [0.15, 0.2) is 0 Å². The molecule has 0 radical (unpaired) electrons. The lowest BCUT2D eigenvalue weighted by Crippen LogP contribution is -2.34. The van der Waals surface area contributed by atoms with Crippen LogP contribution in [-0.2, 0) is 4.74 Å². The molecule has 0 unspecified atom stereocenters. The molecule has 2 N–H and O–H groups in total.